The molecule has 0 aromatic heterocycles. The van der Waals surface area contributed by atoms with Crippen molar-refractivity contribution in [1.82, 2.24) is 10.2 Å². The summed E-state index contributed by atoms with van der Waals surface area (Å²) < 4.78 is 16.2. The topological polar surface area (TPSA) is 77.1 Å². The Balaban J connectivity index is 1.72. The van der Waals surface area contributed by atoms with Gasteiger partial charge in [-0.3, -0.25) is 0 Å². The van der Waals surface area contributed by atoms with E-state index in [2.05, 4.69) is 5.32 Å². The van der Waals surface area contributed by atoms with E-state index in [9.17, 15) is 9.59 Å². The van der Waals surface area contributed by atoms with Crippen LogP contribution in [0.15, 0.2) is 65.9 Å². The Hall–Kier alpha value is -3.48. The first-order chi connectivity index (χ1) is 14.0. The smallest absolute Gasteiger partial charge is 0.338 e. The summed E-state index contributed by atoms with van der Waals surface area (Å²) in [6.45, 7) is 2.06. The number of carbonyl (C=O) groups is 2. The summed E-state index contributed by atoms with van der Waals surface area (Å²) in [6.07, 6.45) is 0. The van der Waals surface area contributed by atoms with Gasteiger partial charge < -0.3 is 24.4 Å². The van der Waals surface area contributed by atoms with Crippen molar-refractivity contribution in [2.75, 3.05) is 27.4 Å². The lowest BCUT2D eigenvalue weighted by Crippen LogP contribution is -2.46. The Labute approximate surface area is 169 Å². The van der Waals surface area contributed by atoms with Gasteiger partial charge in [0, 0.05) is 12.7 Å². The van der Waals surface area contributed by atoms with Crippen LogP contribution in [0.1, 0.15) is 18.5 Å². The number of allylic oxidation sites excluding steroid dienone is 1. The second-order valence-electron chi connectivity index (χ2n) is 6.51. The number of rotatable bonds is 7. The molecule has 2 aromatic carbocycles. The molecule has 2 aromatic rings. The highest BCUT2D eigenvalue weighted by molar-refractivity contribution is 5.95. The maximum atomic E-state index is 12.8. The zero-order valence-corrected chi connectivity index (χ0v) is 16.7. The number of methoxy groups -OCH3 is 1. The number of nitrogens with zero attached hydrogens (tertiary/aromatic N) is 1. The molecule has 0 spiro atoms. The molecular formula is C22H24N2O5. The van der Waals surface area contributed by atoms with E-state index >= 15 is 0 Å². The highest BCUT2D eigenvalue weighted by atomic mass is 16.6. The van der Waals surface area contributed by atoms with E-state index in [1.165, 1.54) is 4.90 Å². The molecule has 0 saturated heterocycles. The number of ether oxygens (including phenoxy) is 3. The van der Waals surface area contributed by atoms with Crippen LogP contribution >= 0.6 is 0 Å². The molecule has 7 nitrogen and oxygen atoms in total. The third kappa shape index (κ3) is 4.68. The fraction of sp³-hybridized carbons (Fsp3) is 0.273. The molecule has 0 saturated carbocycles. The van der Waals surface area contributed by atoms with Gasteiger partial charge in [-0.1, -0.05) is 30.3 Å². The van der Waals surface area contributed by atoms with Gasteiger partial charge in [0.15, 0.2) is 0 Å². The number of benzene rings is 2. The van der Waals surface area contributed by atoms with Crippen LogP contribution in [-0.4, -0.2) is 44.3 Å². The fourth-order valence-electron chi connectivity index (χ4n) is 3.03. The third-order valence-electron chi connectivity index (χ3n) is 4.75. The van der Waals surface area contributed by atoms with E-state index in [1.807, 2.05) is 42.5 Å². The summed E-state index contributed by atoms with van der Waals surface area (Å²) in [5, 5.41) is 2.85. The Morgan fingerprint density at radius 3 is 2.38 bits per heavy atom. The first-order valence-corrected chi connectivity index (χ1v) is 9.25. The molecule has 7 heteroatoms. The van der Waals surface area contributed by atoms with Gasteiger partial charge in [-0.2, -0.15) is 0 Å². The molecule has 0 unspecified atom stereocenters. The van der Waals surface area contributed by atoms with Crippen molar-refractivity contribution >= 4 is 12.0 Å². The summed E-state index contributed by atoms with van der Waals surface area (Å²) in [6, 6.07) is 15.6. The van der Waals surface area contributed by atoms with Gasteiger partial charge in [0.2, 0.25) is 0 Å². The van der Waals surface area contributed by atoms with Crippen LogP contribution in [-0.2, 0) is 9.53 Å². The number of para-hydroxylation sites is 1. The molecule has 0 bridgehead atoms. The van der Waals surface area contributed by atoms with E-state index < -0.39 is 12.0 Å². The summed E-state index contributed by atoms with van der Waals surface area (Å²) >= 11 is 0. The minimum Gasteiger partial charge on any atom is -0.497 e. The SMILES string of the molecule is COc1ccc([C@H]2NC(=O)N(C)C(C)=C2C(=O)OCCOc2ccccc2)cc1. The monoisotopic (exact) mass is 396 g/mol. The molecule has 2 amide bonds. The maximum absolute atomic E-state index is 12.8. The second kappa shape index (κ2) is 9.14. The van der Waals surface area contributed by atoms with E-state index in [4.69, 9.17) is 14.2 Å². The Morgan fingerprint density at radius 2 is 1.72 bits per heavy atom. The van der Waals surface area contributed by atoms with Gasteiger partial charge in [-0.05, 0) is 36.8 Å². The van der Waals surface area contributed by atoms with Crippen LogP contribution < -0.4 is 14.8 Å². The molecule has 152 valence electrons. The Morgan fingerprint density at radius 1 is 1.03 bits per heavy atom. The van der Waals surface area contributed by atoms with E-state index in [0.717, 1.165) is 5.56 Å². The molecule has 0 radical (unpaired) electrons. The predicted octanol–water partition coefficient (Wildman–Crippen LogP) is 3.29. The predicted molar refractivity (Wildman–Crippen MR) is 108 cm³/mol. The minimum absolute atomic E-state index is 0.0947. The lowest BCUT2D eigenvalue weighted by Gasteiger charge is -2.33. The van der Waals surface area contributed by atoms with Crippen molar-refractivity contribution in [3.8, 4) is 11.5 Å². The zero-order valence-electron chi connectivity index (χ0n) is 16.7. The van der Waals surface area contributed by atoms with E-state index in [0.29, 0.717) is 22.8 Å². The summed E-state index contributed by atoms with van der Waals surface area (Å²) in [7, 11) is 3.19. The van der Waals surface area contributed by atoms with Crippen LogP contribution in [0.2, 0.25) is 0 Å². The van der Waals surface area contributed by atoms with Crippen molar-refractivity contribution in [2.24, 2.45) is 0 Å². The molecule has 1 N–H and O–H groups in total. The van der Waals surface area contributed by atoms with Gasteiger partial charge in [0.05, 0.1) is 18.7 Å². The van der Waals surface area contributed by atoms with Crippen LogP contribution in [0.3, 0.4) is 0 Å². The third-order valence-corrected chi connectivity index (χ3v) is 4.75. The lowest BCUT2D eigenvalue weighted by molar-refractivity contribution is -0.140. The Kier molecular flexibility index (Phi) is 6.39. The van der Waals surface area contributed by atoms with E-state index in [-0.39, 0.29) is 19.2 Å². The average molecular weight is 396 g/mol. The number of esters is 1. The van der Waals surface area contributed by atoms with Crippen molar-refractivity contribution < 1.29 is 23.8 Å². The molecular weight excluding hydrogens is 372 g/mol. The van der Waals surface area contributed by atoms with Crippen molar-refractivity contribution in [1.29, 1.82) is 0 Å². The maximum Gasteiger partial charge on any atom is 0.338 e. The molecule has 29 heavy (non-hydrogen) atoms. The molecule has 1 atom stereocenters. The van der Waals surface area contributed by atoms with E-state index in [1.54, 1.807) is 33.2 Å². The molecule has 3 rings (SSSR count). The van der Waals surface area contributed by atoms with Gasteiger partial charge in [-0.15, -0.1) is 0 Å². The number of urea groups is 1. The number of hydrogen-bond donors (Lipinski definition) is 1. The van der Waals surface area contributed by atoms with Gasteiger partial charge in [0.25, 0.3) is 0 Å². The van der Waals surface area contributed by atoms with Crippen molar-refractivity contribution in [3.63, 3.8) is 0 Å². The molecule has 1 aliphatic heterocycles. The second-order valence-corrected chi connectivity index (χ2v) is 6.51. The number of carbonyl (C=O) groups excluding carboxylic acids is 2. The largest absolute Gasteiger partial charge is 0.497 e. The van der Waals surface area contributed by atoms with Gasteiger partial charge in [-0.25, -0.2) is 9.59 Å². The number of nitrogens with one attached hydrogen (secondary N) is 1. The van der Waals surface area contributed by atoms with Gasteiger partial charge >= 0.3 is 12.0 Å². The van der Waals surface area contributed by atoms with Crippen LogP contribution in [0, 0.1) is 0 Å². The normalized spacial score (nSPS) is 16.3. The molecule has 0 fully saturated rings. The first-order valence-electron chi connectivity index (χ1n) is 9.25. The average Bonchev–Trinajstić information content (AvgIpc) is 2.75. The van der Waals surface area contributed by atoms with Crippen molar-refractivity contribution in [3.05, 3.63) is 71.4 Å². The number of hydrogen-bond acceptors (Lipinski definition) is 5. The van der Waals surface area contributed by atoms with Crippen LogP contribution in [0.4, 0.5) is 4.79 Å². The van der Waals surface area contributed by atoms with Crippen LogP contribution in [0.5, 0.6) is 11.5 Å². The lowest BCUT2D eigenvalue weighted by atomic mass is 9.95. The number of amides is 2. The minimum atomic E-state index is -0.604. The fourth-order valence-corrected chi connectivity index (χ4v) is 3.03. The zero-order chi connectivity index (χ0) is 20.8. The summed E-state index contributed by atoms with van der Waals surface area (Å²) in [5.74, 6) is 0.905. The first kappa shape index (κ1) is 20.3. The summed E-state index contributed by atoms with van der Waals surface area (Å²) in [5.41, 5.74) is 1.69. The molecule has 0 aliphatic carbocycles. The quantitative estimate of drug-likeness (QED) is 0.574. The van der Waals surface area contributed by atoms with Gasteiger partial charge in [0.1, 0.15) is 24.7 Å². The highest BCUT2D eigenvalue weighted by Gasteiger charge is 2.35. The molecule has 1 aliphatic rings. The van der Waals surface area contributed by atoms with Crippen molar-refractivity contribution in [2.45, 2.75) is 13.0 Å². The Bertz CT molecular complexity index is 893. The molecule has 1 heterocycles. The standard InChI is InChI=1S/C22H24N2O5/c1-15-19(21(25)29-14-13-28-18-7-5-4-6-8-18)20(23-22(26)24(15)2)16-9-11-17(27-3)12-10-16/h4-12,20H,13-14H2,1-3H3,(H,23,26)/t20-/m1/s1. The van der Waals surface area contributed by atoms with Crippen LogP contribution in [0.25, 0.3) is 0 Å². The summed E-state index contributed by atoms with van der Waals surface area (Å²) in [4.78, 5) is 26.5. The highest BCUT2D eigenvalue weighted by Crippen LogP contribution is 2.31.